The fraction of sp³-hybridized carbons (Fsp3) is 0.846. The van der Waals surface area contributed by atoms with Gasteiger partial charge in [0.05, 0.1) is 106 Å². The molecule has 1 N–H and O–H groups in total. The van der Waals surface area contributed by atoms with Crippen LogP contribution in [0.1, 0.15) is 12.8 Å². The molecule has 45 heavy (non-hydrogen) atoms. The van der Waals surface area contributed by atoms with E-state index in [1.54, 1.807) is 0 Å². The van der Waals surface area contributed by atoms with Crippen LogP contribution < -0.4 is 5.32 Å². The summed E-state index contributed by atoms with van der Waals surface area (Å²) < 4.78 is 47.8. The van der Waals surface area contributed by atoms with E-state index in [9.17, 15) is 19.2 Å². The average molecular weight is 652 g/mol. The van der Waals surface area contributed by atoms with Crippen LogP contribution in [0.15, 0.2) is 5.11 Å². The molecule has 0 aromatic heterocycles. The first-order chi connectivity index (χ1) is 22.0. The highest BCUT2D eigenvalue weighted by atomic mass is 16.7. The van der Waals surface area contributed by atoms with Gasteiger partial charge in [-0.15, -0.1) is 5.06 Å². The van der Waals surface area contributed by atoms with Crippen molar-refractivity contribution in [2.45, 2.75) is 12.8 Å². The fourth-order valence-electron chi connectivity index (χ4n) is 3.12. The quantitative estimate of drug-likeness (QED) is 0.0308. The third-order valence-electron chi connectivity index (χ3n) is 5.22. The minimum absolute atomic E-state index is 0.00689. The van der Waals surface area contributed by atoms with Crippen LogP contribution >= 0.6 is 0 Å². The highest BCUT2D eigenvalue weighted by Gasteiger charge is 2.32. The molecule has 0 atom stereocenters. The van der Waals surface area contributed by atoms with Gasteiger partial charge in [0.25, 0.3) is 11.8 Å². The Morgan fingerprint density at radius 2 is 1.02 bits per heavy atom. The normalized spacial score (nSPS) is 12.8. The maximum Gasteiger partial charge on any atom is 0.358 e. The van der Waals surface area contributed by atoms with Crippen LogP contribution in [0, 0.1) is 0 Å². The second-order valence-electron chi connectivity index (χ2n) is 8.74. The van der Waals surface area contributed by atoms with Crippen LogP contribution in [-0.2, 0) is 66.6 Å². The summed E-state index contributed by atoms with van der Waals surface area (Å²) in [5.41, 5.74) is 8.12. The zero-order valence-corrected chi connectivity index (χ0v) is 25.6. The van der Waals surface area contributed by atoms with E-state index in [2.05, 4.69) is 20.2 Å². The lowest BCUT2D eigenvalue weighted by Gasteiger charge is -2.12. The molecule has 258 valence electrons. The van der Waals surface area contributed by atoms with Crippen molar-refractivity contribution in [3.05, 3.63) is 10.4 Å². The summed E-state index contributed by atoms with van der Waals surface area (Å²) in [5.74, 6) is -2.60. The van der Waals surface area contributed by atoms with Crippen molar-refractivity contribution in [1.29, 1.82) is 0 Å². The van der Waals surface area contributed by atoms with E-state index in [1.807, 2.05) is 0 Å². The zero-order chi connectivity index (χ0) is 32.6. The summed E-state index contributed by atoms with van der Waals surface area (Å²) in [6.45, 7) is 6.26. The van der Waals surface area contributed by atoms with Crippen LogP contribution in [0.25, 0.3) is 10.4 Å². The second-order valence-corrected chi connectivity index (χ2v) is 8.74. The summed E-state index contributed by atoms with van der Waals surface area (Å²) in [6.07, 6.45) is -0.0138. The van der Waals surface area contributed by atoms with Crippen LogP contribution in [0.4, 0.5) is 0 Å². The first-order valence-electron chi connectivity index (χ1n) is 14.6. The Kier molecular flexibility index (Phi) is 26.5. The summed E-state index contributed by atoms with van der Waals surface area (Å²) in [5, 5.41) is 6.32. The second kappa shape index (κ2) is 29.7. The van der Waals surface area contributed by atoms with Gasteiger partial charge in [-0.3, -0.25) is 14.4 Å². The number of hydrogen-bond donors (Lipinski definition) is 1. The van der Waals surface area contributed by atoms with Gasteiger partial charge in [0, 0.05) is 30.8 Å². The van der Waals surface area contributed by atoms with E-state index in [4.69, 9.17) is 48.2 Å². The van der Waals surface area contributed by atoms with Crippen molar-refractivity contribution in [1.82, 2.24) is 10.4 Å². The van der Waals surface area contributed by atoms with Gasteiger partial charge in [0.1, 0.15) is 13.2 Å². The van der Waals surface area contributed by atoms with Crippen molar-refractivity contribution in [3.8, 4) is 0 Å². The summed E-state index contributed by atoms with van der Waals surface area (Å²) >= 11 is 0. The smallest absolute Gasteiger partial charge is 0.358 e. The van der Waals surface area contributed by atoms with Crippen LogP contribution in [0.2, 0.25) is 0 Å². The Bertz CT molecular complexity index is 846. The van der Waals surface area contributed by atoms with Gasteiger partial charge in [-0.1, -0.05) is 5.11 Å². The summed E-state index contributed by atoms with van der Waals surface area (Å²) in [4.78, 5) is 53.2. The SMILES string of the molecule is [N-]=[N+]=NCCOCCOCCOCCOCCOCCOCCOCCOCCNC(=O)COCC(=O)ON1C(=O)CCC1=O. The number of carbonyl (C=O) groups is 4. The lowest BCUT2D eigenvalue weighted by atomic mass is 10.4. The van der Waals surface area contributed by atoms with Gasteiger partial charge < -0.3 is 52.8 Å². The lowest BCUT2D eigenvalue weighted by Crippen LogP contribution is -2.35. The van der Waals surface area contributed by atoms with Gasteiger partial charge in [0.15, 0.2) is 0 Å². The van der Waals surface area contributed by atoms with Gasteiger partial charge in [-0.25, -0.2) is 4.79 Å². The van der Waals surface area contributed by atoms with E-state index in [1.165, 1.54) is 0 Å². The monoisotopic (exact) mass is 651 g/mol. The Morgan fingerprint density at radius 1 is 0.622 bits per heavy atom. The molecule has 0 saturated carbocycles. The zero-order valence-electron chi connectivity index (χ0n) is 25.6. The number of nitrogens with zero attached hydrogens (tertiary/aromatic N) is 4. The van der Waals surface area contributed by atoms with Crippen LogP contribution in [0.3, 0.4) is 0 Å². The molecule has 19 heteroatoms. The molecule has 0 aliphatic carbocycles. The molecule has 1 aliphatic heterocycles. The number of hydrogen-bond acceptors (Lipinski definition) is 15. The number of amides is 3. The summed E-state index contributed by atoms with van der Waals surface area (Å²) in [6, 6.07) is 0. The predicted molar refractivity (Wildman–Crippen MR) is 152 cm³/mol. The lowest BCUT2D eigenvalue weighted by molar-refractivity contribution is -0.200. The Hall–Kier alpha value is -2.97. The molecule has 0 unspecified atom stereocenters. The van der Waals surface area contributed by atoms with Crippen LogP contribution in [-0.4, -0.2) is 161 Å². The number of ether oxygens (including phenoxy) is 9. The number of hydroxylamine groups is 2. The number of azide groups is 1. The molecule has 19 nitrogen and oxygen atoms in total. The summed E-state index contributed by atoms with van der Waals surface area (Å²) in [7, 11) is 0. The highest BCUT2D eigenvalue weighted by Crippen LogP contribution is 2.11. The topological polar surface area (TPSA) is 225 Å². The number of carbonyl (C=O) groups excluding carboxylic acids is 4. The molecule has 1 saturated heterocycles. The first-order valence-corrected chi connectivity index (χ1v) is 14.6. The third-order valence-corrected chi connectivity index (χ3v) is 5.22. The average Bonchev–Trinajstić information content (AvgIpc) is 3.34. The van der Waals surface area contributed by atoms with Crippen molar-refractivity contribution < 1.29 is 66.6 Å². The maximum absolute atomic E-state index is 11.7. The van der Waals surface area contributed by atoms with Gasteiger partial charge >= 0.3 is 5.97 Å². The molecule has 1 fully saturated rings. The van der Waals surface area contributed by atoms with Crippen molar-refractivity contribution >= 4 is 23.7 Å². The molecule has 0 bridgehead atoms. The van der Waals surface area contributed by atoms with E-state index in [0.717, 1.165) is 0 Å². The molecule has 1 aliphatic rings. The van der Waals surface area contributed by atoms with Gasteiger partial charge in [-0.05, 0) is 5.53 Å². The van der Waals surface area contributed by atoms with E-state index in [-0.39, 0.29) is 26.0 Å². The van der Waals surface area contributed by atoms with E-state index in [0.29, 0.717) is 111 Å². The number of nitrogens with one attached hydrogen (secondary N) is 1. The molecular formula is C26H45N5O14. The molecule has 0 radical (unpaired) electrons. The molecule has 1 rings (SSSR count). The molecule has 0 aromatic rings. The van der Waals surface area contributed by atoms with E-state index < -0.39 is 36.9 Å². The Labute approximate surface area is 261 Å². The third kappa shape index (κ3) is 25.0. The Morgan fingerprint density at radius 3 is 1.44 bits per heavy atom. The maximum atomic E-state index is 11.7. The van der Waals surface area contributed by atoms with Crippen molar-refractivity contribution in [3.63, 3.8) is 0 Å². The highest BCUT2D eigenvalue weighted by molar-refractivity contribution is 6.01. The fourth-order valence-corrected chi connectivity index (χ4v) is 3.12. The van der Waals surface area contributed by atoms with E-state index >= 15 is 0 Å². The minimum atomic E-state index is -0.950. The Balaban J connectivity index is 1.71. The minimum Gasteiger partial charge on any atom is -0.379 e. The van der Waals surface area contributed by atoms with Crippen LogP contribution in [0.5, 0.6) is 0 Å². The largest absolute Gasteiger partial charge is 0.379 e. The molecule has 1 heterocycles. The standard InChI is InChI=1S/C26H45N5O14/c27-30-29-4-6-37-8-10-39-12-14-41-16-18-43-20-19-42-17-15-40-13-11-38-9-7-36-5-3-28-23(32)21-44-22-26(35)45-31-24(33)1-2-25(31)34/h1-22H2,(H,28,32). The predicted octanol–water partition coefficient (Wildman–Crippen LogP) is -0.830. The molecule has 0 spiro atoms. The molecule has 3 amide bonds. The van der Waals surface area contributed by atoms with Crippen molar-refractivity contribution in [2.24, 2.45) is 5.11 Å². The van der Waals surface area contributed by atoms with Gasteiger partial charge in [-0.2, -0.15) is 0 Å². The molecule has 0 aromatic carbocycles. The first kappa shape index (κ1) is 40.1. The molecular weight excluding hydrogens is 606 g/mol. The van der Waals surface area contributed by atoms with Gasteiger partial charge in [0.2, 0.25) is 5.91 Å². The number of rotatable bonds is 32. The number of imide groups is 1. The van der Waals surface area contributed by atoms with Crippen molar-refractivity contribution in [2.75, 3.05) is 132 Å².